The minimum Gasteiger partial charge on any atom is -0.388 e. The molecule has 0 radical (unpaired) electrons. The Bertz CT molecular complexity index is 238. The molecule has 2 unspecified atom stereocenters. The van der Waals surface area contributed by atoms with E-state index in [0.29, 0.717) is 18.9 Å². The maximum atomic E-state index is 10.6. The van der Waals surface area contributed by atoms with E-state index in [2.05, 4.69) is 4.90 Å². The predicted octanol–water partition coefficient (Wildman–Crippen LogP) is 1.74. The topological polar surface area (TPSA) is 40.5 Å². The number of hydrogen-bond donors (Lipinski definition) is 1. The van der Waals surface area contributed by atoms with Gasteiger partial charge >= 0.3 is 0 Å². The third-order valence-electron chi connectivity index (χ3n) is 4.23. The molecule has 0 amide bonds. The lowest BCUT2D eigenvalue weighted by Crippen LogP contribution is -2.51. The Balaban J connectivity index is 1.97. The van der Waals surface area contributed by atoms with E-state index in [1.165, 1.54) is 19.3 Å². The fourth-order valence-electron chi connectivity index (χ4n) is 3.39. The van der Waals surface area contributed by atoms with Gasteiger partial charge in [-0.05, 0) is 51.6 Å². The van der Waals surface area contributed by atoms with Crippen LogP contribution in [0.15, 0.2) is 0 Å². The van der Waals surface area contributed by atoms with Gasteiger partial charge in [0.05, 0.1) is 5.60 Å². The minimum atomic E-state index is -0.585. The summed E-state index contributed by atoms with van der Waals surface area (Å²) in [5, 5.41) is 10.6. The second kappa shape index (κ2) is 5.28. The van der Waals surface area contributed by atoms with Gasteiger partial charge in [0.2, 0.25) is 0 Å². The molecule has 92 valence electrons. The standard InChI is InChI=1S/C13H23NO2/c15-11-5-8-13(16)7-4-6-12(13)14-9-2-1-3-10-14/h11-12,16H,1-10H2. The molecule has 1 saturated heterocycles. The number of aliphatic hydroxyl groups is 1. The van der Waals surface area contributed by atoms with Gasteiger partial charge in [-0.1, -0.05) is 6.42 Å². The van der Waals surface area contributed by atoms with Crippen LogP contribution in [0.2, 0.25) is 0 Å². The average Bonchev–Trinajstić information content (AvgIpc) is 2.70. The molecule has 0 aromatic rings. The summed E-state index contributed by atoms with van der Waals surface area (Å²) in [7, 11) is 0. The first kappa shape index (κ1) is 12.1. The van der Waals surface area contributed by atoms with Gasteiger partial charge < -0.3 is 9.90 Å². The number of carbonyl (C=O) groups is 1. The molecule has 0 bridgehead atoms. The largest absolute Gasteiger partial charge is 0.388 e. The Labute approximate surface area is 97.8 Å². The first-order chi connectivity index (χ1) is 7.76. The van der Waals surface area contributed by atoms with Crippen LogP contribution in [0.1, 0.15) is 51.4 Å². The van der Waals surface area contributed by atoms with Gasteiger partial charge in [0.1, 0.15) is 6.29 Å². The second-order valence-corrected chi connectivity index (χ2v) is 5.31. The lowest BCUT2D eigenvalue weighted by molar-refractivity contribution is -0.110. The van der Waals surface area contributed by atoms with Crippen LogP contribution >= 0.6 is 0 Å². The van der Waals surface area contributed by atoms with Gasteiger partial charge in [-0.25, -0.2) is 0 Å². The van der Waals surface area contributed by atoms with Crippen LogP contribution in [0.3, 0.4) is 0 Å². The van der Waals surface area contributed by atoms with Crippen LogP contribution in [-0.2, 0) is 4.79 Å². The highest BCUT2D eigenvalue weighted by molar-refractivity contribution is 5.49. The summed E-state index contributed by atoms with van der Waals surface area (Å²) in [5.41, 5.74) is -0.585. The van der Waals surface area contributed by atoms with E-state index in [9.17, 15) is 9.90 Å². The summed E-state index contributed by atoms with van der Waals surface area (Å²) in [5.74, 6) is 0. The molecule has 16 heavy (non-hydrogen) atoms. The molecule has 2 rings (SSSR count). The van der Waals surface area contributed by atoms with Gasteiger partial charge in [0.15, 0.2) is 0 Å². The van der Waals surface area contributed by atoms with Crippen LogP contribution in [-0.4, -0.2) is 41.0 Å². The summed E-state index contributed by atoms with van der Waals surface area (Å²) in [6, 6.07) is 0.313. The maximum absolute atomic E-state index is 10.6. The van der Waals surface area contributed by atoms with Crippen molar-refractivity contribution in [2.45, 2.75) is 63.0 Å². The highest BCUT2D eigenvalue weighted by Gasteiger charge is 2.43. The third-order valence-corrected chi connectivity index (χ3v) is 4.23. The Morgan fingerprint density at radius 1 is 1.25 bits per heavy atom. The number of piperidine rings is 1. The molecule has 1 aliphatic carbocycles. The molecule has 0 spiro atoms. The van der Waals surface area contributed by atoms with Crippen molar-refractivity contribution in [3.8, 4) is 0 Å². The van der Waals surface area contributed by atoms with E-state index in [1.807, 2.05) is 0 Å². The van der Waals surface area contributed by atoms with Crippen molar-refractivity contribution < 1.29 is 9.90 Å². The Hall–Kier alpha value is -0.410. The number of carbonyl (C=O) groups excluding carboxylic acids is 1. The maximum Gasteiger partial charge on any atom is 0.120 e. The van der Waals surface area contributed by atoms with Crippen LogP contribution < -0.4 is 0 Å². The van der Waals surface area contributed by atoms with Gasteiger partial charge in [-0.15, -0.1) is 0 Å². The van der Waals surface area contributed by atoms with Crippen LogP contribution in [0, 0.1) is 0 Å². The van der Waals surface area contributed by atoms with E-state index in [4.69, 9.17) is 0 Å². The first-order valence-corrected chi connectivity index (χ1v) is 6.66. The van der Waals surface area contributed by atoms with Gasteiger partial charge in [-0.2, -0.15) is 0 Å². The number of likely N-dealkylation sites (tertiary alicyclic amines) is 1. The predicted molar refractivity (Wildman–Crippen MR) is 63.3 cm³/mol. The van der Waals surface area contributed by atoms with E-state index in [1.54, 1.807) is 0 Å². The lowest BCUT2D eigenvalue weighted by Gasteiger charge is -2.40. The molecular weight excluding hydrogens is 202 g/mol. The zero-order valence-electron chi connectivity index (χ0n) is 10.0. The number of rotatable bonds is 4. The summed E-state index contributed by atoms with van der Waals surface area (Å²) < 4.78 is 0. The molecule has 2 atom stereocenters. The second-order valence-electron chi connectivity index (χ2n) is 5.31. The average molecular weight is 225 g/mol. The third kappa shape index (κ3) is 2.46. The smallest absolute Gasteiger partial charge is 0.120 e. The number of nitrogens with zero attached hydrogens (tertiary/aromatic N) is 1. The van der Waals surface area contributed by atoms with E-state index in [0.717, 1.165) is 38.6 Å². The summed E-state index contributed by atoms with van der Waals surface area (Å²) in [6.45, 7) is 2.27. The van der Waals surface area contributed by atoms with Crippen molar-refractivity contribution in [2.24, 2.45) is 0 Å². The SMILES string of the molecule is O=CCCC1(O)CCCC1N1CCCCC1. The van der Waals surface area contributed by atoms with Crippen molar-refractivity contribution in [1.82, 2.24) is 4.90 Å². The number of hydrogen-bond acceptors (Lipinski definition) is 3. The molecular formula is C13H23NO2. The minimum absolute atomic E-state index is 0.313. The van der Waals surface area contributed by atoms with Crippen molar-refractivity contribution in [3.05, 3.63) is 0 Å². The molecule has 1 heterocycles. The Morgan fingerprint density at radius 2 is 2.00 bits per heavy atom. The summed E-state index contributed by atoms with van der Waals surface area (Å²) >= 11 is 0. The van der Waals surface area contributed by atoms with Crippen LogP contribution in [0.25, 0.3) is 0 Å². The molecule has 1 N–H and O–H groups in total. The van der Waals surface area contributed by atoms with Crippen molar-refractivity contribution in [1.29, 1.82) is 0 Å². The quantitative estimate of drug-likeness (QED) is 0.741. The monoisotopic (exact) mass is 225 g/mol. The molecule has 2 fully saturated rings. The van der Waals surface area contributed by atoms with Crippen molar-refractivity contribution >= 4 is 6.29 Å². The molecule has 3 nitrogen and oxygen atoms in total. The Morgan fingerprint density at radius 3 is 2.69 bits per heavy atom. The fourth-order valence-corrected chi connectivity index (χ4v) is 3.39. The van der Waals surface area contributed by atoms with Gasteiger partial charge in [0.25, 0.3) is 0 Å². The molecule has 1 saturated carbocycles. The van der Waals surface area contributed by atoms with E-state index < -0.39 is 5.60 Å². The molecule has 2 aliphatic rings. The highest BCUT2D eigenvalue weighted by atomic mass is 16.3. The zero-order valence-corrected chi connectivity index (χ0v) is 10.0. The fraction of sp³-hybridized carbons (Fsp3) is 0.923. The molecule has 0 aromatic heterocycles. The van der Waals surface area contributed by atoms with E-state index >= 15 is 0 Å². The first-order valence-electron chi connectivity index (χ1n) is 6.66. The van der Waals surface area contributed by atoms with Crippen LogP contribution in [0.4, 0.5) is 0 Å². The Kier molecular flexibility index (Phi) is 3.98. The van der Waals surface area contributed by atoms with Gasteiger partial charge in [0, 0.05) is 12.5 Å². The zero-order chi connectivity index (χ0) is 11.4. The van der Waals surface area contributed by atoms with Crippen molar-refractivity contribution in [3.63, 3.8) is 0 Å². The van der Waals surface area contributed by atoms with E-state index in [-0.39, 0.29) is 0 Å². The van der Waals surface area contributed by atoms with Crippen LogP contribution in [0.5, 0.6) is 0 Å². The van der Waals surface area contributed by atoms with Gasteiger partial charge in [-0.3, -0.25) is 4.90 Å². The molecule has 3 heteroatoms. The summed E-state index contributed by atoms with van der Waals surface area (Å²) in [6.07, 6.45) is 9.03. The normalized spacial score (nSPS) is 36.4. The molecule has 0 aromatic carbocycles. The number of aldehydes is 1. The highest BCUT2D eigenvalue weighted by Crippen LogP contribution is 2.38. The van der Waals surface area contributed by atoms with Crippen molar-refractivity contribution in [2.75, 3.05) is 13.1 Å². The summed E-state index contributed by atoms with van der Waals surface area (Å²) in [4.78, 5) is 12.9. The molecule has 1 aliphatic heterocycles. The lowest BCUT2D eigenvalue weighted by atomic mass is 9.90.